The van der Waals surface area contributed by atoms with Crippen molar-refractivity contribution in [3.63, 3.8) is 0 Å². The molecule has 3 aromatic rings. The maximum atomic E-state index is 12.2. The lowest BCUT2D eigenvalue weighted by Crippen LogP contribution is -2.25. The highest BCUT2D eigenvalue weighted by atomic mass is 32.2. The van der Waals surface area contributed by atoms with E-state index in [-0.39, 0.29) is 11.3 Å². The van der Waals surface area contributed by atoms with Gasteiger partial charge in [-0.2, -0.15) is 0 Å². The Morgan fingerprint density at radius 1 is 0.968 bits per heavy atom. The van der Waals surface area contributed by atoms with Gasteiger partial charge >= 0.3 is 0 Å². The summed E-state index contributed by atoms with van der Waals surface area (Å²) in [6.07, 6.45) is 6.81. The molecule has 0 spiro atoms. The van der Waals surface area contributed by atoms with Crippen LogP contribution in [0.5, 0.6) is 0 Å². The molecular formula is C26H28N2O2S. The molecule has 1 saturated carbocycles. The smallest absolute Gasteiger partial charge is 0.176 e. The zero-order chi connectivity index (χ0) is 22.1. The Bertz CT molecular complexity index is 1210. The molecule has 0 unspecified atom stereocenters. The van der Waals surface area contributed by atoms with Gasteiger partial charge in [-0.05, 0) is 53.5 Å². The van der Waals surface area contributed by atoms with Gasteiger partial charge in [0.15, 0.2) is 9.84 Å². The number of nitrogens with two attached hydrogens (primary N) is 1. The number of benzene rings is 3. The van der Waals surface area contributed by atoms with E-state index < -0.39 is 9.84 Å². The summed E-state index contributed by atoms with van der Waals surface area (Å²) in [5.74, 6) is 0.0937. The Morgan fingerprint density at radius 2 is 1.65 bits per heavy atom. The first-order valence-corrected chi connectivity index (χ1v) is 12.5. The molecule has 0 saturated heterocycles. The van der Waals surface area contributed by atoms with Gasteiger partial charge in [0.1, 0.15) is 5.84 Å². The minimum atomic E-state index is -3.30. The minimum Gasteiger partial charge on any atom is -0.384 e. The summed E-state index contributed by atoms with van der Waals surface area (Å²) < 4.78 is 24.4. The van der Waals surface area contributed by atoms with Crippen LogP contribution in [0.4, 0.5) is 0 Å². The molecule has 0 aromatic heterocycles. The largest absolute Gasteiger partial charge is 0.384 e. The van der Waals surface area contributed by atoms with Gasteiger partial charge < -0.3 is 5.73 Å². The molecule has 0 bridgehead atoms. The normalized spacial score (nSPS) is 15.6. The molecule has 4 nitrogen and oxygen atoms in total. The lowest BCUT2D eigenvalue weighted by molar-refractivity contribution is 0.437. The van der Waals surface area contributed by atoms with Gasteiger partial charge in [0.05, 0.1) is 4.90 Å². The molecule has 3 aromatic carbocycles. The lowest BCUT2D eigenvalue weighted by atomic mass is 9.74. The van der Waals surface area contributed by atoms with Crippen LogP contribution in [0.3, 0.4) is 0 Å². The first-order valence-electron chi connectivity index (χ1n) is 10.6. The van der Waals surface area contributed by atoms with Crippen molar-refractivity contribution in [1.29, 1.82) is 5.41 Å². The van der Waals surface area contributed by atoms with Gasteiger partial charge in [-0.25, -0.2) is 8.42 Å². The Kier molecular flexibility index (Phi) is 5.71. The fraction of sp³-hybridized carbons (Fsp3) is 0.269. The van der Waals surface area contributed by atoms with E-state index in [2.05, 4.69) is 18.2 Å². The Balaban J connectivity index is 1.69. The number of nitrogen functional groups attached to an aromatic ring is 1. The summed E-state index contributed by atoms with van der Waals surface area (Å²) in [6.45, 7) is 0. The second-order valence-corrected chi connectivity index (χ2v) is 10.6. The number of sulfone groups is 1. The molecule has 31 heavy (non-hydrogen) atoms. The van der Waals surface area contributed by atoms with Crippen molar-refractivity contribution in [2.75, 3.05) is 6.26 Å². The van der Waals surface area contributed by atoms with Crippen molar-refractivity contribution in [3.8, 4) is 11.1 Å². The topological polar surface area (TPSA) is 84.0 Å². The van der Waals surface area contributed by atoms with E-state index in [1.165, 1.54) is 30.2 Å². The van der Waals surface area contributed by atoms with Gasteiger partial charge in [-0.15, -0.1) is 0 Å². The second kappa shape index (κ2) is 8.31. The zero-order valence-electron chi connectivity index (χ0n) is 17.8. The third-order valence-corrected chi connectivity index (χ3v) is 7.59. The van der Waals surface area contributed by atoms with Crippen LogP contribution in [0.25, 0.3) is 11.1 Å². The number of rotatable bonds is 6. The third-order valence-electron chi connectivity index (χ3n) is 6.44. The van der Waals surface area contributed by atoms with E-state index in [4.69, 9.17) is 11.1 Å². The van der Waals surface area contributed by atoms with Crippen molar-refractivity contribution in [1.82, 2.24) is 0 Å². The average molecular weight is 433 g/mol. The van der Waals surface area contributed by atoms with Crippen LogP contribution in [0.2, 0.25) is 0 Å². The summed E-state index contributed by atoms with van der Waals surface area (Å²) >= 11 is 0. The molecule has 0 heterocycles. The summed E-state index contributed by atoms with van der Waals surface area (Å²) in [5, 5.41) is 7.73. The highest BCUT2D eigenvalue weighted by Crippen LogP contribution is 2.44. The van der Waals surface area contributed by atoms with E-state index in [0.717, 1.165) is 36.0 Å². The zero-order valence-corrected chi connectivity index (χ0v) is 18.6. The second-order valence-electron chi connectivity index (χ2n) is 8.62. The van der Waals surface area contributed by atoms with Gasteiger partial charge in [-0.1, -0.05) is 73.5 Å². The summed E-state index contributed by atoms with van der Waals surface area (Å²) in [4.78, 5) is 0.361. The van der Waals surface area contributed by atoms with Gasteiger partial charge in [0, 0.05) is 17.4 Å². The molecule has 0 aliphatic heterocycles. The third kappa shape index (κ3) is 4.42. The first-order chi connectivity index (χ1) is 14.8. The Labute approximate surface area is 184 Å². The van der Waals surface area contributed by atoms with Crippen molar-refractivity contribution >= 4 is 15.7 Å². The lowest BCUT2D eigenvalue weighted by Gasteiger charge is -2.30. The van der Waals surface area contributed by atoms with Crippen LogP contribution in [-0.2, 0) is 21.7 Å². The highest BCUT2D eigenvalue weighted by Gasteiger charge is 2.35. The van der Waals surface area contributed by atoms with E-state index in [9.17, 15) is 8.42 Å². The molecule has 5 heteroatoms. The SMILES string of the molecule is CS(=O)(=O)c1ccccc1-c1ccc(C2(Cc3cccc(C(=N)N)c3)CCCC2)cc1. The number of nitrogens with one attached hydrogen (secondary N) is 1. The molecule has 160 valence electrons. The fourth-order valence-corrected chi connectivity index (χ4v) is 5.80. The van der Waals surface area contributed by atoms with Crippen LogP contribution in [-0.4, -0.2) is 20.5 Å². The fourth-order valence-electron chi connectivity index (χ4n) is 4.89. The van der Waals surface area contributed by atoms with E-state index in [1.54, 1.807) is 12.1 Å². The predicted molar refractivity (Wildman–Crippen MR) is 126 cm³/mol. The number of hydrogen-bond acceptors (Lipinski definition) is 3. The summed E-state index contributed by atoms with van der Waals surface area (Å²) in [5.41, 5.74) is 10.7. The van der Waals surface area contributed by atoms with Crippen molar-refractivity contribution in [2.24, 2.45) is 5.73 Å². The minimum absolute atomic E-state index is 0.0598. The first kappa shape index (κ1) is 21.3. The van der Waals surface area contributed by atoms with Crippen LogP contribution in [0.15, 0.2) is 77.7 Å². The number of hydrogen-bond donors (Lipinski definition) is 2. The molecule has 1 aliphatic rings. The maximum absolute atomic E-state index is 12.2. The molecule has 1 aliphatic carbocycles. The molecule has 0 amide bonds. The van der Waals surface area contributed by atoms with Crippen LogP contribution in [0, 0.1) is 5.41 Å². The van der Waals surface area contributed by atoms with E-state index in [1.807, 2.05) is 42.5 Å². The van der Waals surface area contributed by atoms with Gasteiger partial charge in [0.25, 0.3) is 0 Å². The summed E-state index contributed by atoms with van der Waals surface area (Å²) in [7, 11) is -3.30. The molecular weight excluding hydrogens is 404 g/mol. The molecule has 3 N–H and O–H groups in total. The van der Waals surface area contributed by atoms with E-state index >= 15 is 0 Å². The Hall–Kier alpha value is -2.92. The average Bonchev–Trinajstić information content (AvgIpc) is 3.23. The van der Waals surface area contributed by atoms with Crippen LogP contribution < -0.4 is 5.73 Å². The van der Waals surface area contributed by atoms with Crippen molar-refractivity contribution in [3.05, 3.63) is 89.5 Å². The molecule has 1 fully saturated rings. The van der Waals surface area contributed by atoms with Crippen molar-refractivity contribution in [2.45, 2.75) is 42.4 Å². The van der Waals surface area contributed by atoms with Crippen molar-refractivity contribution < 1.29 is 8.42 Å². The quantitative estimate of drug-likeness (QED) is 0.420. The predicted octanol–water partition coefficient (Wildman–Crippen LogP) is 5.10. The highest BCUT2D eigenvalue weighted by molar-refractivity contribution is 7.90. The number of amidine groups is 1. The van der Waals surface area contributed by atoms with E-state index in [0.29, 0.717) is 4.90 Å². The summed E-state index contributed by atoms with van der Waals surface area (Å²) in [6, 6.07) is 23.6. The molecule has 4 rings (SSSR count). The van der Waals surface area contributed by atoms with Gasteiger partial charge in [0.2, 0.25) is 0 Å². The Morgan fingerprint density at radius 3 is 2.29 bits per heavy atom. The monoisotopic (exact) mass is 432 g/mol. The standard InChI is InChI=1S/C26H28N2O2S/c1-31(29,30)24-10-3-2-9-23(24)20-11-13-22(14-12-20)26(15-4-5-16-26)18-19-7-6-8-21(17-19)25(27)28/h2-3,6-14,17H,4-5,15-16,18H2,1H3,(H3,27,28). The maximum Gasteiger partial charge on any atom is 0.176 e. The van der Waals surface area contributed by atoms with Gasteiger partial charge in [-0.3, -0.25) is 5.41 Å². The van der Waals surface area contributed by atoms with Crippen LogP contribution in [0.1, 0.15) is 42.4 Å². The molecule has 0 radical (unpaired) electrons. The molecule has 0 atom stereocenters. The van der Waals surface area contributed by atoms with Crippen LogP contribution >= 0.6 is 0 Å².